The Kier molecular flexibility index (Phi) is 6.04. The van der Waals surface area contributed by atoms with E-state index in [2.05, 4.69) is 39.6 Å². The van der Waals surface area contributed by atoms with Crippen molar-refractivity contribution in [3.05, 3.63) is 20.8 Å². The maximum atomic E-state index is 11.2. The lowest BCUT2D eigenvalue weighted by atomic mass is 10.3. The molecular formula is C10H16BrNOS2. The molecule has 0 amide bonds. The Morgan fingerprint density at radius 3 is 2.93 bits per heavy atom. The molecule has 0 saturated heterocycles. The average molecular weight is 310 g/mol. The van der Waals surface area contributed by atoms with Crippen molar-refractivity contribution in [2.45, 2.75) is 19.9 Å². The molecule has 0 saturated carbocycles. The molecule has 0 radical (unpaired) electrons. The van der Waals surface area contributed by atoms with Gasteiger partial charge in [0, 0.05) is 44.2 Å². The van der Waals surface area contributed by atoms with Crippen LogP contribution < -0.4 is 5.32 Å². The minimum absolute atomic E-state index is 0.327. The molecule has 2 nitrogen and oxygen atoms in total. The van der Waals surface area contributed by atoms with Gasteiger partial charge in [0.1, 0.15) is 0 Å². The Bertz CT molecular complexity index is 327. The third-order valence-electron chi connectivity index (χ3n) is 2.14. The topological polar surface area (TPSA) is 29.1 Å². The van der Waals surface area contributed by atoms with Crippen LogP contribution in [0.5, 0.6) is 0 Å². The smallest absolute Gasteiger partial charge is 0.0397 e. The van der Waals surface area contributed by atoms with Gasteiger partial charge in [-0.05, 0) is 34.3 Å². The van der Waals surface area contributed by atoms with Crippen LogP contribution in [0.3, 0.4) is 0 Å². The summed E-state index contributed by atoms with van der Waals surface area (Å²) in [4.78, 5) is 1.30. The van der Waals surface area contributed by atoms with Gasteiger partial charge in [0.2, 0.25) is 0 Å². The van der Waals surface area contributed by atoms with E-state index >= 15 is 0 Å². The Morgan fingerprint density at radius 1 is 1.67 bits per heavy atom. The standard InChI is InChI=1S/C10H16BrNOS2/c1-3-15(13)7-5-12-8(2)10-9(11)4-6-14-10/h4,6,8,12H,3,5,7H2,1-2H3. The summed E-state index contributed by atoms with van der Waals surface area (Å²) < 4.78 is 12.4. The molecule has 0 spiro atoms. The van der Waals surface area contributed by atoms with E-state index in [1.807, 2.05) is 6.92 Å². The number of thiophene rings is 1. The summed E-state index contributed by atoms with van der Waals surface area (Å²) in [6, 6.07) is 2.38. The van der Waals surface area contributed by atoms with Crippen LogP contribution >= 0.6 is 27.3 Å². The zero-order valence-corrected chi connectivity index (χ0v) is 12.2. The van der Waals surface area contributed by atoms with Gasteiger partial charge in [-0.1, -0.05) is 6.92 Å². The molecule has 86 valence electrons. The predicted octanol–water partition coefficient (Wildman–Crippen LogP) is 2.93. The van der Waals surface area contributed by atoms with Crippen molar-refractivity contribution in [3.8, 4) is 0 Å². The maximum Gasteiger partial charge on any atom is 0.0397 e. The number of nitrogens with one attached hydrogen (secondary N) is 1. The van der Waals surface area contributed by atoms with Gasteiger partial charge in [0.15, 0.2) is 0 Å². The van der Waals surface area contributed by atoms with Crippen molar-refractivity contribution < 1.29 is 4.21 Å². The van der Waals surface area contributed by atoms with E-state index in [0.717, 1.165) is 22.5 Å². The Hall–Kier alpha value is 0.290. The van der Waals surface area contributed by atoms with Crippen LogP contribution in [0.25, 0.3) is 0 Å². The summed E-state index contributed by atoms with van der Waals surface area (Å²) >= 11 is 5.25. The highest BCUT2D eigenvalue weighted by molar-refractivity contribution is 9.10. The lowest BCUT2D eigenvalue weighted by Gasteiger charge is -2.12. The van der Waals surface area contributed by atoms with Crippen molar-refractivity contribution in [1.82, 2.24) is 5.32 Å². The Balaban J connectivity index is 2.34. The van der Waals surface area contributed by atoms with Crippen LogP contribution in [0.1, 0.15) is 24.8 Å². The summed E-state index contributed by atoms with van der Waals surface area (Å²) in [6.45, 7) is 4.90. The van der Waals surface area contributed by atoms with E-state index in [1.165, 1.54) is 4.88 Å². The van der Waals surface area contributed by atoms with E-state index in [1.54, 1.807) is 11.3 Å². The highest BCUT2D eigenvalue weighted by Crippen LogP contribution is 2.28. The zero-order valence-electron chi connectivity index (χ0n) is 8.96. The van der Waals surface area contributed by atoms with E-state index in [9.17, 15) is 4.21 Å². The summed E-state index contributed by atoms with van der Waals surface area (Å²) in [5, 5.41) is 5.45. The molecule has 0 aliphatic heterocycles. The van der Waals surface area contributed by atoms with Crippen LogP contribution in [0.4, 0.5) is 0 Å². The first-order chi connectivity index (χ1) is 7.15. The van der Waals surface area contributed by atoms with E-state index in [-0.39, 0.29) is 0 Å². The second-order valence-corrected chi connectivity index (χ2v) is 6.91. The normalized spacial score (nSPS) is 15.1. The molecule has 2 atom stereocenters. The van der Waals surface area contributed by atoms with Crippen LogP contribution in [0.15, 0.2) is 15.9 Å². The fourth-order valence-corrected chi connectivity index (χ4v) is 3.62. The van der Waals surface area contributed by atoms with E-state index in [4.69, 9.17) is 0 Å². The van der Waals surface area contributed by atoms with Crippen molar-refractivity contribution in [2.75, 3.05) is 18.1 Å². The third-order valence-corrected chi connectivity index (χ3v) is 5.50. The lowest BCUT2D eigenvalue weighted by Crippen LogP contribution is -2.23. The minimum Gasteiger partial charge on any atom is -0.309 e. The van der Waals surface area contributed by atoms with Crippen LogP contribution in [-0.4, -0.2) is 22.3 Å². The van der Waals surface area contributed by atoms with Crippen LogP contribution in [-0.2, 0) is 10.8 Å². The predicted molar refractivity (Wildman–Crippen MR) is 72.0 cm³/mol. The van der Waals surface area contributed by atoms with Gasteiger partial charge in [-0.25, -0.2) is 0 Å². The molecule has 1 rings (SSSR count). The highest BCUT2D eigenvalue weighted by atomic mass is 79.9. The number of halogens is 1. The number of hydrogen-bond acceptors (Lipinski definition) is 3. The quantitative estimate of drug-likeness (QED) is 0.875. The molecule has 0 bridgehead atoms. The van der Waals surface area contributed by atoms with Crippen molar-refractivity contribution in [2.24, 2.45) is 0 Å². The highest BCUT2D eigenvalue weighted by Gasteiger charge is 2.09. The average Bonchev–Trinajstić information content (AvgIpc) is 2.64. The molecular weight excluding hydrogens is 294 g/mol. The van der Waals surface area contributed by atoms with E-state index in [0.29, 0.717) is 6.04 Å². The molecule has 1 heterocycles. The summed E-state index contributed by atoms with van der Waals surface area (Å²) in [7, 11) is -0.666. The van der Waals surface area contributed by atoms with Gasteiger partial charge in [-0.2, -0.15) is 0 Å². The van der Waals surface area contributed by atoms with Gasteiger partial charge in [0.25, 0.3) is 0 Å². The van der Waals surface area contributed by atoms with Gasteiger partial charge in [0.05, 0.1) is 0 Å². The molecule has 1 aromatic rings. The van der Waals surface area contributed by atoms with Crippen LogP contribution in [0.2, 0.25) is 0 Å². The Morgan fingerprint density at radius 2 is 2.40 bits per heavy atom. The molecule has 0 aromatic carbocycles. The fourth-order valence-electron chi connectivity index (χ4n) is 1.24. The molecule has 15 heavy (non-hydrogen) atoms. The minimum atomic E-state index is -0.666. The summed E-state index contributed by atoms with van der Waals surface area (Å²) in [6.07, 6.45) is 0. The van der Waals surface area contributed by atoms with Crippen molar-refractivity contribution in [1.29, 1.82) is 0 Å². The summed E-state index contributed by atoms with van der Waals surface area (Å²) in [5.74, 6) is 1.49. The van der Waals surface area contributed by atoms with Gasteiger partial charge in [-0.15, -0.1) is 11.3 Å². The lowest BCUT2D eigenvalue weighted by molar-refractivity contribution is 0.603. The van der Waals surface area contributed by atoms with Gasteiger partial charge < -0.3 is 5.32 Å². The fraction of sp³-hybridized carbons (Fsp3) is 0.600. The van der Waals surface area contributed by atoms with E-state index < -0.39 is 10.8 Å². The third kappa shape index (κ3) is 4.34. The van der Waals surface area contributed by atoms with Crippen molar-refractivity contribution >= 4 is 38.1 Å². The second kappa shape index (κ2) is 6.78. The molecule has 0 aliphatic rings. The molecule has 0 fully saturated rings. The molecule has 0 aliphatic carbocycles. The van der Waals surface area contributed by atoms with Gasteiger partial charge >= 0.3 is 0 Å². The first-order valence-corrected chi connectivity index (χ1v) is 8.12. The van der Waals surface area contributed by atoms with Crippen LogP contribution in [0, 0.1) is 0 Å². The maximum absolute atomic E-state index is 11.2. The first kappa shape index (κ1) is 13.4. The monoisotopic (exact) mass is 309 g/mol. The first-order valence-electron chi connectivity index (χ1n) is 4.96. The Labute approximate surface area is 106 Å². The molecule has 1 N–H and O–H groups in total. The molecule has 1 aromatic heterocycles. The SMILES string of the molecule is CCS(=O)CCNC(C)c1sccc1Br. The molecule has 2 unspecified atom stereocenters. The number of rotatable bonds is 6. The number of hydrogen-bond donors (Lipinski definition) is 1. The largest absolute Gasteiger partial charge is 0.309 e. The van der Waals surface area contributed by atoms with Gasteiger partial charge in [-0.3, -0.25) is 4.21 Å². The summed E-state index contributed by atoms with van der Waals surface area (Å²) in [5.41, 5.74) is 0. The zero-order chi connectivity index (χ0) is 11.3. The second-order valence-electron chi connectivity index (χ2n) is 3.24. The molecule has 5 heteroatoms. The van der Waals surface area contributed by atoms with Crippen molar-refractivity contribution in [3.63, 3.8) is 0 Å².